The highest BCUT2D eigenvalue weighted by atomic mass is 32.1. The topological polar surface area (TPSA) is 47.8 Å². The van der Waals surface area contributed by atoms with Crippen LogP contribution in [0.15, 0.2) is 66.0 Å². The third kappa shape index (κ3) is 2.98. The molecular weight excluding hydrogens is 330 g/mol. The van der Waals surface area contributed by atoms with Crippen LogP contribution in [-0.2, 0) is 13.0 Å². The van der Waals surface area contributed by atoms with Gasteiger partial charge in [0, 0.05) is 23.8 Å². The standard InChI is InChI=1S/C20H17N3OS/c1-14-17-19(25-18(14)16-5-3-2-4-6-16)22-13-23(20(17)24)12-9-15-7-10-21-11-8-15/h2-8,10-11,13H,9,12H2,1H3. The van der Waals surface area contributed by atoms with Gasteiger partial charge in [-0.2, -0.15) is 0 Å². The number of hydrogen-bond acceptors (Lipinski definition) is 4. The number of benzene rings is 1. The van der Waals surface area contributed by atoms with Gasteiger partial charge in [0.25, 0.3) is 5.56 Å². The summed E-state index contributed by atoms with van der Waals surface area (Å²) in [7, 11) is 0. The molecule has 0 atom stereocenters. The Hall–Kier alpha value is -2.79. The third-order valence-electron chi connectivity index (χ3n) is 4.34. The lowest BCUT2D eigenvalue weighted by atomic mass is 10.1. The van der Waals surface area contributed by atoms with E-state index in [1.807, 2.05) is 37.3 Å². The van der Waals surface area contributed by atoms with Crippen molar-refractivity contribution in [3.05, 3.63) is 82.7 Å². The van der Waals surface area contributed by atoms with E-state index in [-0.39, 0.29) is 5.56 Å². The van der Waals surface area contributed by atoms with Gasteiger partial charge in [0.05, 0.1) is 11.7 Å². The van der Waals surface area contributed by atoms with Crippen LogP contribution in [0.4, 0.5) is 0 Å². The summed E-state index contributed by atoms with van der Waals surface area (Å²) in [6.07, 6.45) is 5.99. The minimum atomic E-state index is 0.0370. The Labute approximate surface area is 149 Å². The van der Waals surface area contributed by atoms with Crippen molar-refractivity contribution in [2.24, 2.45) is 0 Å². The smallest absolute Gasteiger partial charge is 0.262 e. The van der Waals surface area contributed by atoms with Gasteiger partial charge in [-0.15, -0.1) is 11.3 Å². The number of aromatic nitrogens is 3. The van der Waals surface area contributed by atoms with Crippen molar-refractivity contribution in [3.63, 3.8) is 0 Å². The Bertz CT molecular complexity index is 1070. The van der Waals surface area contributed by atoms with Crippen molar-refractivity contribution in [3.8, 4) is 10.4 Å². The predicted octanol–water partition coefficient (Wildman–Crippen LogP) is 4.07. The molecule has 1 aromatic carbocycles. The van der Waals surface area contributed by atoms with Crippen LogP contribution < -0.4 is 5.56 Å². The zero-order chi connectivity index (χ0) is 17.2. The number of pyridine rings is 1. The van der Waals surface area contributed by atoms with Crippen LogP contribution >= 0.6 is 11.3 Å². The molecule has 0 aliphatic heterocycles. The summed E-state index contributed by atoms with van der Waals surface area (Å²) in [4.78, 5) is 23.4. The maximum atomic E-state index is 12.9. The molecule has 0 saturated carbocycles. The van der Waals surface area contributed by atoms with Crippen LogP contribution in [0.1, 0.15) is 11.1 Å². The maximum Gasteiger partial charge on any atom is 0.262 e. The van der Waals surface area contributed by atoms with Gasteiger partial charge >= 0.3 is 0 Å². The van der Waals surface area contributed by atoms with Crippen LogP contribution in [0.2, 0.25) is 0 Å². The third-order valence-corrected chi connectivity index (χ3v) is 5.59. The lowest BCUT2D eigenvalue weighted by Crippen LogP contribution is -2.21. The molecule has 4 nitrogen and oxygen atoms in total. The highest BCUT2D eigenvalue weighted by Gasteiger charge is 2.15. The lowest BCUT2D eigenvalue weighted by Gasteiger charge is -2.05. The first-order valence-corrected chi connectivity index (χ1v) is 8.98. The predicted molar refractivity (Wildman–Crippen MR) is 102 cm³/mol. The number of fused-ring (bicyclic) bond motifs is 1. The first-order chi connectivity index (χ1) is 12.2. The molecule has 0 fully saturated rings. The maximum absolute atomic E-state index is 12.9. The molecule has 0 saturated heterocycles. The largest absolute Gasteiger partial charge is 0.298 e. The Kier molecular flexibility index (Phi) is 4.15. The van der Waals surface area contributed by atoms with Gasteiger partial charge in [0.2, 0.25) is 0 Å². The molecule has 0 amide bonds. The summed E-state index contributed by atoms with van der Waals surface area (Å²) >= 11 is 1.58. The number of aryl methyl sites for hydroxylation is 3. The first kappa shape index (κ1) is 15.7. The second kappa shape index (κ2) is 6.61. The van der Waals surface area contributed by atoms with Crippen molar-refractivity contribution < 1.29 is 0 Å². The van der Waals surface area contributed by atoms with Crippen molar-refractivity contribution in [2.45, 2.75) is 19.9 Å². The molecule has 3 heterocycles. The highest BCUT2D eigenvalue weighted by molar-refractivity contribution is 7.22. The van der Waals surface area contributed by atoms with Crippen molar-refractivity contribution >= 4 is 21.6 Å². The van der Waals surface area contributed by atoms with Crippen molar-refractivity contribution in [1.29, 1.82) is 0 Å². The van der Waals surface area contributed by atoms with E-state index in [0.717, 1.165) is 38.2 Å². The normalized spacial score (nSPS) is 11.1. The second-order valence-electron chi connectivity index (χ2n) is 5.95. The lowest BCUT2D eigenvalue weighted by molar-refractivity contribution is 0.662. The average molecular weight is 347 g/mol. The van der Waals surface area contributed by atoms with E-state index in [1.54, 1.807) is 34.6 Å². The molecule has 0 aliphatic carbocycles. The van der Waals surface area contributed by atoms with Crippen molar-refractivity contribution in [1.82, 2.24) is 14.5 Å². The fourth-order valence-electron chi connectivity index (χ4n) is 2.98. The summed E-state index contributed by atoms with van der Waals surface area (Å²) in [6, 6.07) is 14.1. The van der Waals surface area contributed by atoms with Crippen LogP contribution in [0.25, 0.3) is 20.7 Å². The van der Waals surface area contributed by atoms with E-state index >= 15 is 0 Å². The van der Waals surface area contributed by atoms with Gasteiger partial charge in [0.1, 0.15) is 4.83 Å². The molecule has 4 rings (SSSR count). The molecular formula is C20H17N3OS. The summed E-state index contributed by atoms with van der Waals surface area (Å²) in [5.74, 6) is 0. The van der Waals surface area contributed by atoms with E-state index in [9.17, 15) is 4.79 Å². The Morgan fingerprint density at radius 1 is 1.08 bits per heavy atom. The fourth-order valence-corrected chi connectivity index (χ4v) is 4.13. The highest BCUT2D eigenvalue weighted by Crippen LogP contribution is 2.35. The number of thiophene rings is 1. The number of rotatable bonds is 4. The summed E-state index contributed by atoms with van der Waals surface area (Å²) < 4.78 is 1.71. The molecule has 25 heavy (non-hydrogen) atoms. The van der Waals surface area contributed by atoms with Gasteiger partial charge < -0.3 is 0 Å². The monoisotopic (exact) mass is 347 g/mol. The SMILES string of the molecule is Cc1c(-c2ccccc2)sc2ncn(CCc3ccncc3)c(=O)c12. The van der Waals surface area contributed by atoms with E-state index < -0.39 is 0 Å². The van der Waals surface area contributed by atoms with Crippen LogP contribution in [-0.4, -0.2) is 14.5 Å². The summed E-state index contributed by atoms with van der Waals surface area (Å²) in [5, 5.41) is 0.737. The Balaban J connectivity index is 1.73. The van der Waals surface area contributed by atoms with Crippen LogP contribution in [0, 0.1) is 6.92 Å². The molecule has 5 heteroatoms. The molecule has 0 aliphatic rings. The Morgan fingerprint density at radius 3 is 2.60 bits per heavy atom. The minimum Gasteiger partial charge on any atom is -0.298 e. The molecule has 0 bridgehead atoms. The zero-order valence-electron chi connectivity index (χ0n) is 13.8. The molecule has 0 spiro atoms. The van der Waals surface area contributed by atoms with E-state index in [4.69, 9.17) is 0 Å². The van der Waals surface area contributed by atoms with Gasteiger partial charge in [-0.25, -0.2) is 4.98 Å². The van der Waals surface area contributed by atoms with Crippen LogP contribution in [0.5, 0.6) is 0 Å². The molecule has 0 N–H and O–H groups in total. The van der Waals surface area contributed by atoms with Gasteiger partial charge in [0.15, 0.2) is 0 Å². The summed E-state index contributed by atoms with van der Waals surface area (Å²) in [6.45, 7) is 2.62. The fraction of sp³-hybridized carbons (Fsp3) is 0.150. The summed E-state index contributed by atoms with van der Waals surface area (Å²) in [5.41, 5.74) is 3.34. The first-order valence-electron chi connectivity index (χ1n) is 8.17. The number of nitrogens with zero attached hydrogens (tertiary/aromatic N) is 3. The van der Waals surface area contributed by atoms with E-state index in [2.05, 4.69) is 22.1 Å². The molecule has 3 aromatic heterocycles. The molecule has 0 unspecified atom stereocenters. The molecule has 4 aromatic rings. The van der Waals surface area contributed by atoms with Gasteiger partial charge in [-0.3, -0.25) is 14.3 Å². The van der Waals surface area contributed by atoms with Crippen LogP contribution in [0.3, 0.4) is 0 Å². The molecule has 124 valence electrons. The number of hydrogen-bond donors (Lipinski definition) is 0. The zero-order valence-corrected chi connectivity index (χ0v) is 14.7. The quantitative estimate of drug-likeness (QED) is 0.559. The second-order valence-corrected chi connectivity index (χ2v) is 6.95. The Morgan fingerprint density at radius 2 is 1.84 bits per heavy atom. The van der Waals surface area contributed by atoms with E-state index in [0.29, 0.717) is 6.54 Å². The van der Waals surface area contributed by atoms with Gasteiger partial charge in [-0.05, 0) is 42.2 Å². The minimum absolute atomic E-state index is 0.0370. The molecule has 0 radical (unpaired) electrons. The van der Waals surface area contributed by atoms with E-state index in [1.165, 1.54) is 0 Å². The average Bonchev–Trinajstić information content (AvgIpc) is 3.00. The van der Waals surface area contributed by atoms with Gasteiger partial charge in [-0.1, -0.05) is 30.3 Å². The van der Waals surface area contributed by atoms with Crippen molar-refractivity contribution in [2.75, 3.05) is 0 Å².